The van der Waals surface area contributed by atoms with E-state index in [1.807, 2.05) is 24.0 Å². The highest BCUT2D eigenvalue weighted by Gasteiger charge is 2.24. The van der Waals surface area contributed by atoms with Crippen LogP contribution in [0.4, 0.5) is 21.9 Å². The van der Waals surface area contributed by atoms with Crippen LogP contribution in [0.5, 0.6) is 0 Å². The summed E-state index contributed by atoms with van der Waals surface area (Å²) < 4.78 is 5.30. The van der Waals surface area contributed by atoms with Crippen LogP contribution in [-0.2, 0) is 4.74 Å². The fourth-order valence-electron chi connectivity index (χ4n) is 3.71. The molecule has 0 bridgehead atoms. The fraction of sp³-hybridized carbons (Fsp3) is 0.360. The van der Waals surface area contributed by atoms with Crippen molar-refractivity contribution in [3.8, 4) is 0 Å². The van der Waals surface area contributed by atoms with Crippen LogP contribution >= 0.6 is 0 Å². The van der Waals surface area contributed by atoms with Crippen LogP contribution in [0.2, 0.25) is 0 Å². The molecule has 0 aliphatic carbocycles. The Kier molecular flexibility index (Phi) is 7.16. The summed E-state index contributed by atoms with van der Waals surface area (Å²) in [7, 11) is 0. The van der Waals surface area contributed by atoms with Gasteiger partial charge in [-0.05, 0) is 70.7 Å². The number of aliphatic hydroxyl groups excluding tert-OH is 1. The second kappa shape index (κ2) is 9.85. The predicted molar refractivity (Wildman–Crippen MR) is 131 cm³/mol. The van der Waals surface area contributed by atoms with Crippen molar-refractivity contribution in [3.05, 3.63) is 66.6 Å². The molecule has 3 N–H and O–H groups in total. The number of ether oxygens (including phenoxy) is 1. The van der Waals surface area contributed by atoms with Crippen molar-refractivity contribution in [3.63, 3.8) is 0 Å². The quantitative estimate of drug-likeness (QED) is 0.563. The number of carbonyl (C=O) groups is 2. The minimum Gasteiger partial charge on any atom is -0.495 e. The van der Waals surface area contributed by atoms with Gasteiger partial charge < -0.3 is 25.0 Å². The van der Waals surface area contributed by atoms with E-state index in [-0.39, 0.29) is 17.8 Å². The number of para-hydroxylation sites is 2. The predicted octanol–water partition coefficient (Wildman–Crippen LogP) is 4.83. The van der Waals surface area contributed by atoms with Crippen molar-refractivity contribution in [2.24, 2.45) is 0 Å². The zero-order valence-corrected chi connectivity index (χ0v) is 19.6. The molecular formula is C25H32N4O4. The third-order valence-electron chi connectivity index (χ3n) is 5.26. The Labute approximate surface area is 194 Å². The van der Waals surface area contributed by atoms with Gasteiger partial charge in [-0.25, -0.2) is 4.79 Å². The first-order valence-electron chi connectivity index (χ1n) is 10.9. The highest BCUT2D eigenvalue weighted by molar-refractivity contribution is 6.07. The number of anilines is 3. The zero-order valence-electron chi connectivity index (χ0n) is 19.6. The van der Waals surface area contributed by atoms with Gasteiger partial charge in [0.2, 0.25) is 0 Å². The highest BCUT2D eigenvalue weighted by atomic mass is 16.6. The lowest BCUT2D eigenvalue weighted by Crippen LogP contribution is -2.51. The van der Waals surface area contributed by atoms with Crippen LogP contribution < -0.4 is 15.5 Å². The van der Waals surface area contributed by atoms with Crippen molar-refractivity contribution in [2.75, 3.05) is 35.2 Å². The standard InChI is InChI=1S/C25H32N4O4/c1-17-16-28(14-15-29(17)18(2)30)20-12-10-19(11-13-20)23(31)26-21-8-6-7-9-22(21)27-24(32)33-25(3,4)5/h6-13,17,30H,2,14-16H2,1,3-5H3,(H,26,31)(H,27,32)/t17-/m1/s1. The lowest BCUT2D eigenvalue weighted by Gasteiger charge is -2.41. The van der Waals surface area contributed by atoms with Crippen molar-refractivity contribution in [1.82, 2.24) is 4.90 Å². The maximum atomic E-state index is 12.8. The number of rotatable bonds is 5. The van der Waals surface area contributed by atoms with Gasteiger partial charge in [0, 0.05) is 36.9 Å². The third kappa shape index (κ3) is 6.41. The Morgan fingerprint density at radius 3 is 2.18 bits per heavy atom. The Morgan fingerprint density at radius 1 is 1.03 bits per heavy atom. The average Bonchev–Trinajstić information content (AvgIpc) is 2.73. The van der Waals surface area contributed by atoms with Crippen LogP contribution in [0.1, 0.15) is 38.1 Å². The van der Waals surface area contributed by atoms with E-state index in [4.69, 9.17) is 4.74 Å². The molecule has 2 aromatic rings. The molecule has 33 heavy (non-hydrogen) atoms. The van der Waals surface area contributed by atoms with Gasteiger partial charge in [0.05, 0.1) is 11.4 Å². The summed E-state index contributed by atoms with van der Waals surface area (Å²) in [6, 6.07) is 14.5. The lowest BCUT2D eigenvalue weighted by molar-refractivity contribution is 0.0635. The molecule has 2 amide bonds. The molecule has 1 heterocycles. The van der Waals surface area contributed by atoms with Gasteiger partial charge in [-0.3, -0.25) is 10.1 Å². The van der Waals surface area contributed by atoms with Gasteiger partial charge >= 0.3 is 6.09 Å². The number of benzene rings is 2. The number of nitrogens with one attached hydrogen (secondary N) is 2. The molecular weight excluding hydrogens is 420 g/mol. The molecule has 0 aromatic heterocycles. The normalized spacial score (nSPS) is 16.2. The summed E-state index contributed by atoms with van der Waals surface area (Å²) in [6.07, 6.45) is -0.590. The molecule has 0 unspecified atom stereocenters. The Morgan fingerprint density at radius 2 is 1.64 bits per heavy atom. The Hall–Kier alpha value is -3.68. The van der Waals surface area contributed by atoms with Crippen LogP contribution in [-0.4, -0.2) is 53.3 Å². The number of carbonyl (C=O) groups excluding carboxylic acids is 2. The topological polar surface area (TPSA) is 94.1 Å². The van der Waals surface area contributed by atoms with Gasteiger partial charge in [-0.2, -0.15) is 0 Å². The molecule has 2 aromatic carbocycles. The van der Waals surface area contributed by atoms with E-state index in [2.05, 4.69) is 22.1 Å². The molecule has 1 atom stereocenters. The number of amides is 2. The molecule has 1 aliphatic heterocycles. The summed E-state index contributed by atoms with van der Waals surface area (Å²) in [5.74, 6) is -0.189. The maximum Gasteiger partial charge on any atom is 0.412 e. The molecule has 1 saturated heterocycles. The summed E-state index contributed by atoms with van der Waals surface area (Å²) in [6.45, 7) is 13.2. The van der Waals surface area contributed by atoms with Crippen molar-refractivity contribution in [2.45, 2.75) is 39.3 Å². The fourth-order valence-corrected chi connectivity index (χ4v) is 3.71. The summed E-state index contributed by atoms with van der Waals surface area (Å²) in [5.41, 5.74) is 1.82. The van der Waals surface area contributed by atoms with Gasteiger partial charge in [0.15, 0.2) is 5.88 Å². The maximum absolute atomic E-state index is 12.8. The molecule has 0 spiro atoms. The second-order valence-electron chi connectivity index (χ2n) is 9.08. The number of hydrogen-bond acceptors (Lipinski definition) is 6. The van der Waals surface area contributed by atoms with Gasteiger partial charge in [-0.15, -0.1) is 0 Å². The molecule has 1 fully saturated rings. The first-order chi connectivity index (χ1) is 15.5. The van der Waals surface area contributed by atoms with Crippen LogP contribution in [0.25, 0.3) is 0 Å². The molecule has 8 heteroatoms. The molecule has 0 radical (unpaired) electrons. The lowest BCUT2D eigenvalue weighted by atomic mass is 10.1. The second-order valence-corrected chi connectivity index (χ2v) is 9.08. The van der Waals surface area contributed by atoms with Crippen LogP contribution in [0.15, 0.2) is 61.0 Å². The first-order valence-corrected chi connectivity index (χ1v) is 10.9. The Bertz CT molecular complexity index is 1010. The highest BCUT2D eigenvalue weighted by Crippen LogP contribution is 2.24. The van der Waals surface area contributed by atoms with E-state index in [0.29, 0.717) is 23.5 Å². The van der Waals surface area contributed by atoms with Gasteiger partial charge in [-0.1, -0.05) is 12.1 Å². The van der Waals surface area contributed by atoms with Gasteiger partial charge in [0.25, 0.3) is 5.91 Å². The number of nitrogens with zero attached hydrogens (tertiary/aromatic N) is 2. The van der Waals surface area contributed by atoms with Crippen LogP contribution in [0.3, 0.4) is 0 Å². The minimum absolute atomic E-state index is 0.0932. The van der Waals surface area contributed by atoms with Crippen molar-refractivity contribution >= 4 is 29.1 Å². The van der Waals surface area contributed by atoms with Crippen molar-refractivity contribution < 1.29 is 19.4 Å². The first kappa shape index (κ1) is 24.0. The van der Waals surface area contributed by atoms with E-state index >= 15 is 0 Å². The van der Waals surface area contributed by atoms with Gasteiger partial charge in [0.1, 0.15) is 5.60 Å². The van der Waals surface area contributed by atoms with E-state index < -0.39 is 11.7 Å². The summed E-state index contributed by atoms with van der Waals surface area (Å²) >= 11 is 0. The van der Waals surface area contributed by atoms with E-state index in [9.17, 15) is 14.7 Å². The molecule has 8 nitrogen and oxygen atoms in total. The van der Waals surface area contributed by atoms with E-state index in [1.165, 1.54) is 0 Å². The molecule has 176 valence electrons. The number of aliphatic hydroxyl groups is 1. The summed E-state index contributed by atoms with van der Waals surface area (Å²) in [4.78, 5) is 29.0. The molecule has 0 saturated carbocycles. The van der Waals surface area contributed by atoms with E-state index in [0.717, 1.165) is 18.8 Å². The van der Waals surface area contributed by atoms with Crippen molar-refractivity contribution in [1.29, 1.82) is 0 Å². The monoisotopic (exact) mass is 452 g/mol. The van der Waals surface area contributed by atoms with E-state index in [1.54, 1.807) is 57.2 Å². The number of hydrogen-bond donors (Lipinski definition) is 3. The largest absolute Gasteiger partial charge is 0.495 e. The molecule has 1 aliphatic rings. The summed E-state index contributed by atoms with van der Waals surface area (Å²) in [5, 5.41) is 15.2. The zero-order chi connectivity index (χ0) is 24.2. The third-order valence-corrected chi connectivity index (χ3v) is 5.26. The average molecular weight is 453 g/mol. The molecule has 3 rings (SSSR count). The minimum atomic E-state index is -0.624. The SMILES string of the molecule is C=C(O)N1CCN(c2ccc(C(=O)Nc3ccccc3NC(=O)OC(C)(C)C)cc2)C[C@H]1C. The Balaban J connectivity index is 1.65. The number of piperazine rings is 1. The smallest absolute Gasteiger partial charge is 0.412 e. The van der Waals surface area contributed by atoms with Crippen LogP contribution in [0, 0.1) is 0 Å².